The predicted molar refractivity (Wildman–Crippen MR) is 86.8 cm³/mol. The van der Waals surface area contributed by atoms with Crippen LogP contribution in [0.15, 0.2) is 25.7 Å². The van der Waals surface area contributed by atoms with Crippen molar-refractivity contribution in [3.05, 3.63) is 31.4 Å². The first-order valence-corrected chi connectivity index (χ1v) is 8.04. The second kappa shape index (κ2) is 6.28. The first-order chi connectivity index (χ1) is 9.02. The summed E-state index contributed by atoms with van der Waals surface area (Å²) in [4.78, 5) is 13.2. The number of pyridine rings is 1. The number of hydrogen-bond acceptors (Lipinski definition) is 4. The minimum Gasteiger partial charge on any atom is -0.383 e. The molecule has 0 amide bonds. The fourth-order valence-electron chi connectivity index (χ4n) is 1.60. The van der Waals surface area contributed by atoms with E-state index in [1.807, 2.05) is 6.07 Å². The molecule has 2 aromatic heterocycles. The third-order valence-corrected chi connectivity index (χ3v) is 4.35. The van der Waals surface area contributed by atoms with E-state index < -0.39 is 0 Å². The molecule has 7 heteroatoms. The van der Waals surface area contributed by atoms with Crippen molar-refractivity contribution in [3.8, 4) is 11.5 Å². The minimum absolute atomic E-state index is 0.435. The number of aromatic nitrogens is 3. The van der Waals surface area contributed by atoms with Crippen LogP contribution < -0.4 is 5.73 Å². The Morgan fingerprint density at radius 3 is 2.58 bits per heavy atom. The van der Waals surface area contributed by atoms with Crippen LogP contribution in [-0.4, -0.2) is 15.0 Å². The average Bonchev–Trinajstić information content (AvgIpc) is 2.35. The van der Waals surface area contributed by atoms with E-state index in [0.29, 0.717) is 17.3 Å². The van der Waals surface area contributed by atoms with Gasteiger partial charge in [0.25, 0.3) is 0 Å². The van der Waals surface area contributed by atoms with Crippen LogP contribution >= 0.6 is 47.8 Å². The smallest absolute Gasteiger partial charge is 0.181 e. The van der Waals surface area contributed by atoms with Crippen LogP contribution in [0.1, 0.15) is 19.0 Å². The molecular weight excluding hydrogens is 440 g/mol. The second-order valence-electron chi connectivity index (χ2n) is 3.93. The molecule has 0 spiro atoms. The Bertz CT molecular complexity index is 616. The second-order valence-corrected chi connectivity index (χ2v) is 6.49. The fourth-order valence-corrected chi connectivity index (χ4v) is 3.14. The molecule has 0 saturated heterocycles. The zero-order valence-electron chi connectivity index (χ0n) is 10.1. The molecule has 2 rings (SSSR count). The predicted octanol–water partition coefficient (Wildman–Crippen LogP) is 4.36. The summed E-state index contributed by atoms with van der Waals surface area (Å²) in [6.45, 7) is 2.10. The largest absolute Gasteiger partial charge is 0.383 e. The molecule has 0 unspecified atom stereocenters. The highest BCUT2D eigenvalue weighted by Gasteiger charge is 2.14. The van der Waals surface area contributed by atoms with Crippen molar-refractivity contribution < 1.29 is 0 Å². The Morgan fingerprint density at radius 2 is 1.95 bits per heavy atom. The average molecular weight is 451 g/mol. The highest BCUT2D eigenvalue weighted by Crippen LogP contribution is 2.30. The van der Waals surface area contributed by atoms with E-state index in [2.05, 4.69) is 69.7 Å². The highest BCUT2D eigenvalue weighted by atomic mass is 79.9. The summed E-state index contributed by atoms with van der Waals surface area (Å²) >= 11 is 10.3. The van der Waals surface area contributed by atoms with Gasteiger partial charge in [-0.05, 0) is 60.3 Å². The number of aryl methyl sites for hydroxylation is 1. The van der Waals surface area contributed by atoms with Gasteiger partial charge < -0.3 is 5.73 Å². The Labute approximate surface area is 136 Å². The molecule has 2 aromatic rings. The van der Waals surface area contributed by atoms with Gasteiger partial charge in [-0.1, -0.05) is 13.3 Å². The summed E-state index contributed by atoms with van der Waals surface area (Å²) in [5.41, 5.74) is 7.50. The molecule has 100 valence electrons. The van der Waals surface area contributed by atoms with Gasteiger partial charge in [0, 0.05) is 15.1 Å². The van der Waals surface area contributed by atoms with Gasteiger partial charge in [-0.15, -0.1) is 0 Å². The van der Waals surface area contributed by atoms with Gasteiger partial charge in [0.15, 0.2) is 5.82 Å². The Hall–Kier alpha value is -0.530. The van der Waals surface area contributed by atoms with E-state index in [-0.39, 0.29) is 0 Å². The first-order valence-electron chi connectivity index (χ1n) is 5.66. The topological polar surface area (TPSA) is 64.7 Å². The summed E-state index contributed by atoms with van der Waals surface area (Å²) in [5.74, 6) is 0.966. The molecule has 0 aliphatic heterocycles. The molecule has 2 N–H and O–H groups in total. The van der Waals surface area contributed by atoms with E-state index in [4.69, 9.17) is 5.73 Å². The maximum atomic E-state index is 5.92. The maximum absolute atomic E-state index is 5.92. The first kappa shape index (κ1) is 14.9. The van der Waals surface area contributed by atoms with Crippen LogP contribution in [0.4, 0.5) is 5.82 Å². The molecule has 0 atom stereocenters. The molecule has 0 aromatic carbocycles. The van der Waals surface area contributed by atoms with Crippen molar-refractivity contribution in [2.75, 3.05) is 5.73 Å². The number of rotatable bonds is 3. The van der Waals surface area contributed by atoms with Crippen LogP contribution in [0.2, 0.25) is 0 Å². The Kier molecular flexibility index (Phi) is 4.92. The molecule has 0 fully saturated rings. The fraction of sp³-hybridized carbons (Fsp3) is 0.250. The Morgan fingerprint density at radius 1 is 1.21 bits per heavy atom. The van der Waals surface area contributed by atoms with Crippen LogP contribution in [0.5, 0.6) is 0 Å². The summed E-state index contributed by atoms with van der Waals surface area (Å²) in [6.07, 6.45) is 3.54. The number of nitrogens with two attached hydrogens (primary N) is 1. The third-order valence-electron chi connectivity index (χ3n) is 2.45. The van der Waals surface area contributed by atoms with Crippen molar-refractivity contribution in [2.24, 2.45) is 0 Å². The van der Waals surface area contributed by atoms with E-state index in [9.17, 15) is 0 Å². The van der Waals surface area contributed by atoms with E-state index in [0.717, 1.165) is 32.0 Å². The minimum atomic E-state index is 0.435. The van der Waals surface area contributed by atoms with Crippen LogP contribution in [0, 0.1) is 0 Å². The molecule has 0 aliphatic rings. The number of nitrogen functional groups attached to an aromatic ring is 1. The molecule has 0 saturated carbocycles. The third kappa shape index (κ3) is 3.32. The van der Waals surface area contributed by atoms with E-state index >= 15 is 0 Å². The van der Waals surface area contributed by atoms with Crippen LogP contribution in [0.25, 0.3) is 11.5 Å². The summed E-state index contributed by atoms with van der Waals surface area (Å²) < 4.78 is 2.49. The molecule has 2 heterocycles. The van der Waals surface area contributed by atoms with Gasteiger partial charge in [0.1, 0.15) is 11.5 Å². The van der Waals surface area contributed by atoms with Gasteiger partial charge in [0.2, 0.25) is 0 Å². The molecule has 0 radical (unpaired) electrons. The lowest BCUT2D eigenvalue weighted by atomic mass is 10.2. The van der Waals surface area contributed by atoms with Gasteiger partial charge in [-0.3, -0.25) is 4.98 Å². The molecule has 0 aliphatic carbocycles. The number of hydrogen-bond donors (Lipinski definition) is 1. The number of anilines is 1. The maximum Gasteiger partial charge on any atom is 0.181 e. The summed E-state index contributed by atoms with van der Waals surface area (Å²) in [6, 6.07) is 1.91. The molecule has 19 heavy (non-hydrogen) atoms. The van der Waals surface area contributed by atoms with E-state index in [1.54, 1.807) is 6.20 Å². The molecule has 4 nitrogen and oxygen atoms in total. The standard InChI is InChI=1S/C12H11Br3N4/c1-2-3-8-9(15)11(16)19-12(18-8)10-7(14)4-6(13)5-17-10/h4-5H,2-3H2,1H3,(H2,16,18,19). The Balaban J connectivity index is 2.56. The molecule has 0 bridgehead atoms. The van der Waals surface area contributed by atoms with Gasteiger partial charge >= 0.3 is 0 Å². The SMILES string of the molecule is CCCc1nc(-c2ncc(Br)cc2Br)nc(N)c1Br. The highest BCUT2D eigenvalue weighted by molar-refractivity contribution is 9.11. The van der Waals surface area contributed by atoms with Gasteiger partial charge in [0.05, 0.1) is 10.2 Å². The van der Waals surface area contributed by atoms with Crippen LogP contribution in [-0.2, 0) is 6.42 Å². The van der Waals surface area contributed by atoms with Gasteiger partial charge in [-0.2, -0.15) is 0 Å². The van der Waals surface area contributed by atoms with Crippen molar-refractivity contribution >= 4 is 53.6 Å². The number of nitrogens with zero attached hydrogens (tertiary/aromatic N) is 3. The van der Waals surface area contributed by atoms with E-state index in [1.165, 1.54) is 0 Å². The molecular formula is C12H11Br3N4. The number of halogens is 3. The van der Waals surface area contributed by atoms with Crippen molar-refractivity contribution in [2.45, 2.75) is 19.8 Å². The zero-order valence-corrected chi connectivity index (χ0v) is 14.9. The van der Waals surface area contributed by atoms with Crippen molar-refractivity contribution in [1.82, 2.24) is 15.0 Å². The lowest BCUT2D eigenvalue weighted by Gasteiger charge is -2.09. The zero-order chi connectivity index (χ0) is 14.0. The summed E-state index contributed by atoms with van der Waals surface area (Å²) in [5, 5.41) is 0. The normalized spacial score (nSPS) is 10.7. The lowest BCUT2D eigenvalue weighted by Crippen LogP contribution is -2.04. The van der Waals surface area contributed by atoms with Crippen LogP contribution in [0.3, 0.4) is 0 Å². The quantitative estimate of drug-likeness (QED) is 0.754. The summed E-state index contributed by atoms with van der Waals surface area (Å²) in [7, 11) is 0. The van der Waals surface area contributed by atoms with Crippen molar-refractivity contribution in [1.29, 1.82) is 0 Å². The van der Waals surface area contributed by atoms with Gasteiger partial charge in [-0.25, -0.2) is 9.97 Å². The van der Waals surface area contributed by atoms with Crippen molar-refractivity contribution in [3.63, 3.8) is 0 Å². The lowest BCUT2D eigenvalue weighted by molar-refractivity contribution is 0.868. The monoisotopic (exact) mass is 448 g/mol.